The van der Waals surface area contributed by atoms with E-state index in [1.54, 1.807) is 11.3 Å². The molecule has 1 unspecified atom stereocenters. The molecule has 1 aromatic heterocycles. The van der Waals surface area contributed by atoms with Gasteiger partial charge in [0.25, 0.3) is 0 Å². The van der Waals surface area contributed by atoms with Crippen molar-refractivity contribution in [2.45, 2.75) is 19.4 Å². The molecular weight excluding hydrogens is 322 g/mol. The lowest BCUT2D eigenvalue weighted by molar-refractivity contribution is 0.268. The first kappa shape index (κ1) is 14.6. The summed E-state index contributed by atoms with van der Waals surface area (Å²) in [6, 6.07) is 12.3. The Morgan fingerprint density at radius 2 is 2.05 bits per heavy atom. The van der Waals surface area contributed by atoms with Gasteiger partial charge < -0.3 is 10.1 Å². The molecule has 0 saturated carbocycles. The minimum atomic E-state index is 0.231. The summed E-state index contributed by atoms with van der Waals surface area (Å²) in [4.78, 5) is 1.30. The average Bonchev–Trinajstić information content (AvgIpc) is 2.86. The van der Waals surface area contributed by atoms with Crippen molar-refractivity contribution in [3.05, 3.63) is 51.1 Å². The Balaban J connectivity index is 2.00. The van der Waals surface area contributed by atoms with Gasteiger partial charge in [-0.3, -0.25) is 0 Å². The standard InChI is InChI=1S/C15H18BrNOS/c1-2-9-17-14(15-13(16)8-10-19-15)11-18-12-6-4-3-5-7-12/h3-8,10,14,17H,2,9,11H2,1H3. The largest absolute Gasteiger partial charge is 0.492 e. The monoisotopic (exact) mass is 339 g/mol. The highest BCUT2D eigenvalue weighted by atomic mass is 79.9. The Hall–Kier alpha value is -0.840. The number of nitrogens with one attached hydrogen (secondary N) is 1. The Labute approximate surface area is 126 Å². The van der Waals surface area contributed by atoms with Crippen LogP contribution in [0.15, 0.2) is 46.3 Å². The van der Waals surface area contributed by atoms with Crippen LogP contribution in [0.25, 0.3) is 0 Å². The molecule has 1 heterocycles. The van der Waals surface area contributed by atoms with Gasteiger partial charge in [-0.15, -0.1) is 11.3 Å². The number of hydrogen-bond acceptors (Lipinski definition) is 3. The van der Waals surface area contributed by atoms with Crippen molar-refractivity contribution >= 4 is 27.3 Å². The van der Waals surface area contributed by atoms with E-state index in [0.29, 0.717) is 6.61 Å². The molecule has 2 nitrogen and oxygen atoms in total. The molecule has 1 aromatic carbocycles. The zero-order valence-electron chi connectivity index (χ0n) is 10.9. The van der Waals surface area contributed by atoms with Gasteiger partial charge in [-0.05, 0) is 52.5 Å². The maximum atomic E-state index is 5.87. The lowest BCUT2D eigenvalue weighted by atomic mass is 10.2. The van der Waals surface area contributed by atoms with Gasteiger partial charge in [0.05, 0.1) is 6.04 Å². The molecule has 0 aliphatic rings. The van der Waals surface area contributed by atoms with Crippen LogP contribution in [0.1, 0.15) is 24.3 Å². The van der Waals surface area contributed by atoms with Gasteiger partial charge in [-0.25, -0.2) is 0 Å². The van der Waals surface area contributed by atoms with E-state index in [2.05, 4.69) is 39.6 Å². The molecule has 0 spiro atoms. The van der Waals surface area contributed by atoms with Gasteiger partial charge in [0.1, 0.15) is 12.4 Å². The second-order valence-electron chi connectivity index (χ2n) is 4.26. The predicted octanol–water partition coefficient (Wildman–Crippen LogP) is 4.63. The van der Waals surface area contributed by atoms with Crippen molar-refractivity contribution < 1.29 is 4.74 Å². The highest BCUT2D eigenvalue weighted by Gasteiger charge is 2.16. The fraction of sp³-hybridized carbons (Fsp3) is 0.333. The van der Waals surface area contributed by atoms with E-state index in [1.807, 2.05) is 30.3 Å². The second-order valence-corrected chi connectivity index (χ2v) is 6.07. The summed E-state index contributed by atoms with van der Waals surface area (Å²) < 4.78 is 7.02. The SMILES string of the molecule is CCCNC(COc1ccccc1)c1sccc1Br. The van der Waals surface area contributed by atoms with Crippen LogP contribution in [0.4, 0.5) is 0 Å². The Kier molecular flexibility index (Phi) is 5.89. The van der Waals surface area contributed by atoms with Gasteiger partial charge in [0, 0.05) is 9.35 Å². The molecule has 19 heavy (non-hydrogen) atoms. The van der Waals surface area contributed by atoms with Crippen molar-refractivity contribution in [3.63, 3.8) is 0 Å². The minimum Gasteiger partial charge on any atom is -0.492 e. The van der Waals surface area contributed by atoms with Crippen molar-refractivity contribution in [1.82, 2.24) is 5.32 Å². The summed E-state index contributed by atoms with van der Waals surface area (Å²) in [7, 11) is 0. The van der Waals surface area contributed by atoms with Crippen molar-refractivity contribution in [2.24, 2.45) is 0 Å². The zero-order chi connectivity index (χ0) is 13.5. The van der Waals surface area contributed by atoms with Crippen molar-refractivity contribution in [3.8, 4) is 5.75 Å². The third kappa shape index (κ3) is 4.34. The predicted molar refractivity (Wildman–Crippen MR) is 85.0 cm³/mol. The molecule has 1 N–H and O–H groups in total. The van der Waals surface area contributed by atoms with E-state index in [0.717, 1.165) is 23.2 Å². The van der Waals surface area contributed by atoms with Crippen LogP contribution in [0.3, 0.4) is 0 Å². The highest BCUT2D eigenvalue weighted by molar-refractivity contribution is 9.10. The summed E-state index contributed by atoms with van der Waals surface area (Å²) in [6.45, 7) is 3.81. The lowest BCUT2D eigenvalue weighted by Gasteiger charge is -2.18. The Bertz CT molecular complexity index is 486. The Morgan fingerprint density at radius 1 is 1.26 bits per heavy atom. The molecule has 0 aliphatic carbocycles. The lowest BCUT2D eigenvalue weighted by Crippen LogP contribution is -2.27. The van der Waals surface area contributed by atoms with E-state index in [-0.39, 0.29) is 6.04 Å². The first-order valence-electron chi connectivity index (χ1n) is 6.45. The van der Waals surface area contributed by atoms with Crippen LogP contribution in [0.2, 0.25) is 0 Å². The van der Waals surface area contributed by atoms with Crippen LogP contribution in [-0.4, -0.2) is 13.2 Å². The fourth-order valence-corrected chi connectivity index (χ4v) is 3.51. The van der Waals surface area contributed by atoms with Crippen LogP contribution in [0.5, 0.6) is 5.75 Å². The number of rotatable bonds is 7. The average molecular weight is 340 g/mol. The minimum absolute atomic E-state index is 0.231. The molecule has 4 heteroatoms. The van der Waals surface area contributed by atoms with Crippen LogP contribution >= 0.6 is 27.3 Å². The van der Waals surface area contributed by atoms with Gasteiger partial charge in [0.2, 0.25) is 0 Å². The fourth-order valence-electron chi connectivity index (χ4n) is 1.80. The highest BCUT2D eigenvalue weighted by Crippen LogP contribution is 2.29. The summed E-state index contributed by atoms with van der Waals surface area (Å²) in [5, 5.41) is 5.64. The van der Waals surface area contributed by atoms with E-state index >= 15 is 0 Å². The topological polar surface area (TPSA) is 21.3 Å². The maximum Gasteiger partial charge on any atom is 0.119 e. The van der Waals surface area contributed by atoms with Gasteiger partial charge >= 0.3 is 0 Å². The number of hydrogen-bond donors (Lipinski definition) is 1. The van der Waals surface area contributed by atoms with Crippen molar-refractivity contribution in [2.75, 3.05) is 13.2 Å². The molecule has 0 amide bonds. The van der Waals surface area contributed by atoms with Crippen LogP contribution < -0.4 is 10.1 Å². The van der Waals surface area contributed by atoms with Crippen molar-refractivity contribution in [1.29, 1.82) is 0 Å². The summed E-state index contributed by atoms with van der Waals surface area (Å²) >= 11 is 5.35. The number of ether oxygens (including phenoxy) is 1. The molecule has 0 saturated heterocycles. The first-order valence-corrected chi connectivity index (χ1v) is 8.12. The summed E-state index contributed by atoms with van der Waals surface area (Å²) in [5.74, 6) is 0.915. The van der Waals surface area contributed by atoms with Gasteiger partial charge in [-0.2, -0.15) is 0 Å². The molecule has 0 radical (unpaired) electrons. The number of benzene rings is 1. The first-order chi connectivity index (χ1) is 9.31. The smallest absolute Gasteiger partial charge is 0.119 e. The maximum absolute atomic E-state index is 5.87. The zero-order valence-corrected chi connectivity index (χ0v) is 13.3. The number of halogens is 1. The normalized spacial score (nSPS) is 12.3. The summed E-state index contributed by atoms with van der Waals surface area (Å²) in [6.07, 6.45) is 1.12. The Morgan fingerprint density at radius 3 is 2.68 bits per heavy atom. The van der Waals surface area contributed by atoms with Gasteiger partial charge in [0.15, 0.2) is 0 Å². The summed E-state index contributed by atoms with van der Waals surface area (Å²) in [5.41, 5.74) is 0. The third-order valence-electron chi connectivity index (χ3n) is 2.76. The molecule has 1 atom stereocenters. The second kappa shape index (κ2) is 7.68. The molecular formula is C15H18BrNOS. The number of para-hydroxylation sites is 1. The van der Waals surface area contributed by atoms with Crippen LogP contribution in [-0.2, 0) is 0 Å². The third-order valence-corrected chi connectivity index (χ3v) is 4.75. The molecule has 2 rings (SSSR count). The molecule has 0 fully saturated rings. The van der Waals surface area contributed by atoms with E-state index in [4.69, 9.17) is 4.74 Å². The molecule has 0 aliphatic heterocycles. The molecule has 2 aromatic rings. The van der Waals surface area contributed by atoms with E-state index < -0.39 is 0 Å². The van der Waals surface area contributed by atoms with E-state index in [9.17, 15) is 0 Å². The van der Waals surface area contributed by atoms with E-state index in [1.165, 1.54) is 4.88 Å². The molecule has 0 bridgehead atoms. The number of thiophene rings is 1. The quantitative estimate of drug-likeness (QED) is 0.793. The van der Waals surface area contributed by atoms with Gasteiger partial charge in [-0.1, -0.05) is 25.1 Å². The van der Waals surface area contributed by atoms with Crippen LogP contribution in [0, 0.1) is 0 Å². The molecule has 102 valence electrons.